The van der Waals surface area contributed by atoms with Gasteiger partial charge in [-0.05, 0) is 36.6 Å². The van der Waals surface area contributed by atoms with Crippen LogP contribution in [-0.4, -0.2) is 11.1 Å². The van der Waals surface area contributed by atoms with Crippen LogP contribution in [0.3, 0.4) is 0 Å². The second-order valence-electron chi connectivity index (χ2n) is 4.34. The lowest BCUT2D eigenvalue weighted by atomic mass is 9.95. The summed E-state index contributed by atoms with van der Waals surface area (Å²) in [5.41, 5.74) is 1.17. The molecule has 0 fully saturated rings. The lowest BCUT2D eigenvalue weighted by Gasteiger charge is -2.11. The minimum absolute atomic E-state index is 0.0729. The fourth-order valence-electron chi connectivity index (χ4n) is 2.01. The maximum Gasteiger partial charge on any atom is 0.335 e. The number of hydrogen-bond acceptors (Lipinski definition) is 1. The third-order valence-electron chi connectivity index (χ3n) is 3.13. The van der Waals surface area contributed by atoms with Crippen molar-refractivity contribution in [3.8, 4) is 11.1 Å². The Labute approximate surface area is 109 Å². The quantitative estimate of drug-likeness (QED) is 0.889. The van der Waals surface area contributed by atoms with Crippen molar-refractivity contribution in [1.29, 1.82) is 0 Å². The predicted molar refractivity (Wildman–Crippen MR) is 68.2 cm³/mol. The van der Waals surface area contributed by atoms with E-state index in [2.05, 4.69) is 0 Å². The maximum absolute atomic E-state index is 13.9. The molecular formula is C15H12F2O2. The normalized spacial score (nSPS) is 10.5. The monoisotopic (exact) mass is 262 g/mol. The van der Waals surface area contributed by atoms with Crippen LogP contribution in [0.1, 0.15) is 21.5 Å². The molecule has 0 radical (unpaired) electrons. The summed E-state index contributed by atoms with van der Waals surface area (Å²) in [5, 5.41) is 9.04. The van der Waals surface area contributed by atoms with Crippen molar-refractivity contribution >= 4 is 5.97 Å². The van der Waals surface area contributed by atoms with Crippen LogP contribution < -0.4 is 0 Å². The van der Waals surface area contributed by atoms with Crippen molar-refractivity contribution in [3.05, 3.63) is 58.7 Å². The van der Waals surface area contributed by atoms with Crippen LogP contribution in [0.25, 0.3) is 11.1 Å². The molecule has 0 saturated carbocycles. The van der Waals surface area contributed by atoms with E-state index in [4.69, 9.17) is 5.11 Å². The fourth-order valence-corrected chi connectivity index (χ4v) is 2.01. The van der Waals surface area contributed by atoms with E-state index in [1.807, 2.05) is 0 Å². The van der Waals surface area contributed by atoms with Gasteiger partial charge >= 0.3 is 5.97 Å². The van der Waals surface area contributed by atoms with E-state index in [1.165, 1.54) is 31.2 Å². The van der Waals surface area contributed by atoms with Gasteiger partial charge in [0, 0.05) is 5.56 Å². The van der Waals surface area contributed by atoms with Gasteiger partial charge in [-0.25, -0.2) is 13.6 Å². The zero-order chi connectivity index (χ0) is 14.2. The van der Waals surface area contributed by atoms with Crippen LogP contribution in [0.4, 0.5) is 8.78 Å². The standard InChI is InChI=1S/C15H12F2O2/c1-8-6-7-12(14(17)13(8)16)10-4-3-5-11(9(10)2)15(18)19/h3-7H,1-2H3,(H,18,19). The molecule has 0 unspecified atom stereocenters. The van der Waals surface area contributed by atoms with Gasteiger partial charge in [-0.3, -0.25) is 0 Å². The minimum Gasteiger partial charge on any atom is -0.478 e. The molecule has 0 aliphatic carbocycles. The Morgan fingerprint density at radius 3 is 2.32 bits per heavy atom. The molecule has 2 aromatic carbocycles. The summed E-state index contributed by atoms with van der Waals surface area (Å²) in [5.74, 6) is -2.95. The molecule has 0 spiro atoms. The summed E-state index contributed by atoms with van der Waals surface area (Å²) in [6.45, 7) is 3.05. The van der Waals surface area contributed by atoms with Gasteiger partial charge in [0.05, 0.1) is 5.56 Å². The first kappa shape index (κ1) is 13.2. The number of benzene rings is 2. The van der Waals surface area contributed by atoms with Crippen molar-refractivity contribution in [1.82, 2.24) is 0 Å². The summed E-state index contributed by atoms with van der Waals surface area (Å²) in [6.07, 6.45) is 0. The maximum atomic E-state index is 13.9. The van der Waals surface area contributed by atoms with Crippen LogP contribution in [0.5, 0.6) is 0 Å². The SMILES string of the molecule is Cc1ccc(-c2cccc(C(=O)O)c2C)c(F)c1F. The molecule has 19 heavy (non-hydrogen) atoms. The van der Waals surface area contributed by atoms with E-state index >= 15 is 0 Å². The number of halogens is 2. The van der Waals surface area contributed by atoms with Crippen molar-refractivity contribution in [3.63, 3.8) is 0 Å². The van der Waals surface area contributed by atoms with E-state index in [9.17, 15) is 13.6 Å². The molecule has 2 nitrogen and oxygen atoms in total. The van der Waals surface area contributed by atoms with Crippen LogP contribution in [-0.2, 0) is 0 Å². The highest BCUT2D eigenvalue weighted by molar-refractivity contribution is 5.92. The topological polar surface area (TPSA) is 37.3 Å². The van der Waals surface area contributed by atoms with E-state index in [-0.39, 0.29) is 16.7 Å². The molecule has 2 rings (SSSR count). The van der Waals surface area contributed by atoms with Crippen LogP contribution >= 0.6 is 0 Å². The smallest absolute Gasteiger partial charge is 0.335 e. The molecule has 0 aromatic heterocycles. The van der Waals surface area contributed by atoms with Crippen molar-refractivity contribution in [2.45, 2.75) is 13.8 Å². The van der Waals surface area contributed by atoms with Gasteiger partial charge in [0.2, 0.25) is 0 Å². The summed E-state index contributed by atoms with van der Waals surface area (Å²) >= 11 is 0. The second kappa shape index (κ2) is 4.80. The van der Waals surface area contributed by atoms with Crippen molar-refractivity contribution in [2.75, 3.05) is 0 Å². The highest BCUT2D eigenvalue weighted by atomic mass is 19.2. The number of carboxylic acids is 1. The van der Waals surface area contributed by atoms with Gasteiger partial charge < -0.3 is 5.11 Å². The number of aryl methyl sites for hydroxylation is 1. The number of carbonyl (C=O) groups is 1. The average Bonchev–Trinajstić information content (AvgIpc) is 2.37. The summed E-state index contributed by atoms with van der Waals surface area (Å²) < 4.78 is 27.5. The number of aromatic carboxylic acids is 1. The summed E-state index contributed by atoms with van der Waals surface area (Å²) in [4.78, 5) is 11.0. The largest absolute Gasteiger partial charge is 0.478 e. The van der Waals surface area contributed by atoms with Gasteiger partial charge in [-0.15, -0.1) is 0 Å². The molecular weight excluding hydrogens is 250 g/mol. The third kappa shape index (κ3) is 2.21. The Bertz CT molecular complexity index is 663. The van der Waals surface area contributed by atoms with E-state index in [1.54, 1.807) is 13.0 Å². The first-order chi connectivity index (χ1) is 8.93. The van der Waals surface area contributed by atoms with Crippen LogP contribution in [0, 0.1) is 25.5 Å². The van der Waals surface area contributed by atoms with Gasteiger partial charge in [0.1, 0.15) is 0 Å². The number of hydrogen-bond donors (Lipinski definition) is 1. The van der Waals surface area contributed by atoms with Gasteiger partial charge in [-0.1, -0.05) is 24.3 Å². The highest BCUT2D eigenvalue weighted by Gasteiger charge is 2.17. The first-order valence-corrected chi connectivity index (χ1v) is 5.71. The molecule has 98 valence electrons. The average molecular weight is 262 g/mol. The zero-order valence-electron chi connectivity index (χ0n) is 10.5. The Kier molecular flexibility index (Phi) is 3.34. The van der Waals surface area contributed by atoms with Gasteiger partial charge in [0.25, 0.3) is 0 Å². The molecule has 2 aromatic rings. The van der Waals surface area contributed by atoms with Crippen LogP contribution in [0.2, 0.25) is 0 Å². The molecule has 0 amide bonds. The Balaban J connectivity index is 2.70. The molecule has 4 heteroatoms. The Morgan fingerprint density at radius 1 is 1.00 bits per heavy atom. The molecule has 0 saturated heterocycles. The second-order valence-corrected chi connectivity index (χ2v) is 4.34. The Hall–Kier alpha value is -2.23. The number of rotatable bonds is 2. The minimum atomic E-state index is -1.09. The predicted octanol–water partition coefficient (Wildman–Crippen LogP) is 3.95. The summed E-state index contributed by atoms with van der Waals surface area (Å²) in [7, 11) is 0. The molecule has 1 N–H and O–H groups in total. The van der Waals surface area contributed by atoms with Crippen molar-refractivity contribution in [2.24, 2.45) is 0 Å². The Morgan fingerprint density at radius 2 is 1.68 bits per heavy atom. The number of carboxylic acid groups (broad SMARTS) is 1. The van der Waals surface area contributed by atoms with E-state index in [0.29, 0.717) is 11.1 Å². The third-order valence-corrected chi connectivity index (χ3v) is 3.13. The van der Waals surface area contributed by atoms with Gasteiger partial charge in [-0.2, -0.15) is 0 Å². The molecule has 0 aliphatic heterocycles. The molecule has 0 aliphatic rings. The fraction of sp³-hybridized carbons (Fsp3) is 0.133. The lowest BCUT2D eigenvalue weighted by molar-refractivity contribution is 0.0696. The molecule has 0 bridgehead atoms. The van der Waals surface area contributed by atoms with E-state index in [0.717, 1.165) is 0 Å². The molecule has 0 atom stereocenters. The van der Waals surface area contributed by atoms with Crippen LogP contribution in [0.15, 0.2) is 30.3 Å². The van der Waals surface area contributed by atoms with Crippen molar-refractivity contribution < 1.29 is 18.7 Å². The molecule has 0 heterocycles. The highest BCUT2D eigenvalue weighted by Crippen LogP contribution is 2.30. The zero-order valence-corrected chi connectivity index (χ0v) is 10.5. The summed E-state index contributed by atoms with van der Waals surface area (Å²) in [6, 6.07) is 7.46. The first-order valence-electron chi connectivity index (χ1n) is 5.71. The lowest BCUT2D eigenvalue weighted by Crippen LogP contribution is -2.02. The van der Waals surface area contributed by atoms with Gasteiger partial charge in [0.15, 0.2) is 11.6 Å². The van der Waals surface area contributed by atoms with E-state index < -0.39 is 17.6 Å².